The number of carboxylic acid groups (broad SMARTS) is 1. The highest BCUT2D eigenvalue weighted by atomic mass is 16.4. The van der Waals surface area contributed by atoms with Crippen molar-refractivity contribution < 1.29 is 14.7 Å². The average molecular weight is 255 g/mol. The minimum atomic E-state index is -0.910. The Morgan fingerprint density at radius 1 is 1.28 bits per heavy atom. The summed E-state index contributed by atoms with van der Waals surface area (Å²) in [4.78, 5) is 23.2. The van der Waals surface area contributed by atoms with Crippen molar-refractivity contribution in [3.63, 3.8) is 0 Å². The molecule has 104 valence electrons. The number of aliphatic carboxylic acids is 1. The van der Waals surface area contributed by atoms with Crippen LogP contribution in [0.4, 0.5) is 0 Å². The van der Waals surface area contributed by atoms with E-state index < -0.39 is 12.0 Å². The van der Waals surface area contributed by atoms with Crippen LogP contribution in [0.5, 0.6) is 0 Å². The molecule has 0 saturated heterocycles. The van der Waals surface area contributed by atoms with Crippen LogP contribution in [-0.2, 0) is 9.59 Å². The number of carbonyl (C=O) groups is 2. The van der Waals surface area contributed by atoms with Gasteiger partial charge in [-0.1, -0.05) is 46.5 Å². The van der Waals surface area contributed by atoms with Crippen LogP contribution in [0, 0.1) is 17.8 Å². The van der Waals surface area contributed by atoms with Crippen molar-refractivity contribution in [2.45, 2.75) is 58.9 Å². The standard InChI is InChI=1S/C14H25NO3/c1-4-11(5-2)9(3)13(16)15-12(14(17)18)8-10-6-7-10/h9-12H,4-8H2,1-3H3,(H,15,16)(H,17,18). The van der Waals surface area contributed by atoms with Gasteiger partial charge < -0.3 is 10.4 Å². The Kier molecular flexibility index (Phi) is 5.63. The van der Waals surface area contributed by atoms with Gasteiger partial charge in [-0.25, -0.2) is 4.79 Å². The van der Waals surface area contributed by atoms with E-state index in [0.717, 1.165) is 25.7 Å². The number of carboxylic acids is 1. The zero-order valence-electron chi connectivity index (χ0n) is 11.6. The number of amides is 1. The van der Waals surface area contributed by atoms with Crippen molar-refractivity contribution in [3.8, 4) is 0 Å². The van der Waals surface area contributed by atoms with Crippen molar-refractivity contribution in [3.05, 3.63) is 0 Å². The van der Waals surface area contributed by atoms with E-state index in [-0.39, 0.29) is 11.8 Å². The summed E-state index contributed by atoms with van der Waals surface area (Å²) in [5.74, 6) is -0.306. The van der Waals surface area contributed by atoms with E-state index in [9.17, 15) is 9.59 Å². The molecule has 0 spiro atoms. The van der Waals surface area contributed by atoms with Crippen molar-refractivity contribution in [2.24, 2.45) is 17.8 Å². The first-order chi connectivity index (χ1) is 8.49. The molecule has 4 nitrogen and oxygen atoms in total. The molecule has 2 N–H and O–H groups in total. The highest BCUT2D eigenvalue weighted by Crippen LogP contribution is 2.33. The Hall–Kier alpha value is -1.06. The second-order valence-corrected chi connectivity index (χ2v) is 5.44. The Morgan fingerprint density at radius 3 is 2.22 bits per heavy atom. The Balaban J connectivity index is 2.50. The number of carbonyl (C=O) groups excluding carboxylic acids is 1. The molecule has 1 fully saturated rings. The number of rotatable bonds is 8. The zero-order chi connectivity index (χ0) is 13.7. The van der Waals surface area contributed by atoms with Gasteiger partial charge in [0.25, 0.3) is 0 Å². The molecule has 0 aromatic carbocycles. The smallest absolute Gasteiger partial charge is 0.326 e. The van der Waals surface area contributed by atoms with E-state index in [0.29, 0.717) is 18.3 Å². The van der Waals surface area contributed by atoms with Crippen LogP contribution < -0.4 is 5.32 Å². The third kappa shape index (κ3) is 4.31. The van der Waals surface area contributed by atoms with Gasteiger partial charge >= 0.3 is 5.97 Å². The number of nitrogens with one attached hydrogen (secondary N) is 1. The van der Waals surface area contributed by atoms with Crippen LogP contribution in [0.3, 0.4) is 0 Å². The minimum Gasteiger partial charge on any atom is -0.480 e. The molecule has 0 aromatic heterocycles. The molecule has 0 aromatic rings. The van der Waals surface area contributed by atoms with Crippen LogP contribution >= 0.6 is 0 Å². The van der Waals surface area contributed by atoms with Gasteiger partial charge in [-0.15, -0.1) is 0 Å². The molecule has 2 unspecified atom stereocenters. The highest BCUT2D eigenvalue weighted by Gasteiger charge is 2.32. The van der Waals surface area contributed by atoms with Gasteiger partial charge in [0.15, 0.2) is 0 Å². The lowest BCUT2D eigenvalue weighted by molar-refractivity contribution is -0.143. The summed E-state index contributed by atoms with van der Waals surface area (Å²) in [6.07, 6.45) is 4.68. The largest absolute Gasteiger partial charge is 0.480 e. The molecule has 2 atom stereocenters. The van der Waals surface area contributed by atoms with Crippen molar-refractivity contribution in [1.82, 2.24) is 5.32 Å². The third-order valence-electron chi connectivity index (χ3n) is 4.05. The monoisotopic (exact) mass is 255 g/mol. The summed E-state index contributed by atoms with van der Waals surface area (Å²) >= 11 is 0. The predicted octanol–water partition coefficient (Wildman–Crippen LogP) is 2.43. The fourth-order valence-corrected chi connectivity index (χ4v) is 2.42. The van der Waals surface area contributed by atoms with Gasteiger partial charge in [0.1, 0.15) is 6.04 Å². The van der Waals surface area contributed by atoms with Crippen molar-refractivity contribution in [2.75, 3.05) is 0 Å². The summed E-state index contributed by atoms with van der Waals surface area (Å²) in [5.41, 5.74) is 0. The third-order valence-corrected chi connectivity index (χ3v) is 4.05. The van der Waals surface area contributed by atoms with Crippen LogP contribution in [0.1, 0.15) is 52.9 Å². The molecule has 1 amide bonds. The van der Waals surface area contributed by atoms with Gasteiger partial charge in [0.2, 0.25) is 5.91 Å². The van der Waals surface area contributed by atoms with E-state index in [1.807, 2.05) is 6.92 Å². The SMILES string of the molecule is CCC(CC)C(C)C(=O)NC(CC1CC1)C(=O)O. The molecule has 1 aliphatic rings. The lowest BCUT2D eigenvalue weighted by Gasteiger charge is -2.23. The van der Waals surface area contributed by atoms with E-state index in [1.54, 1.807) is 0 Å². The zero-order valence-corrected chi connectivity index (χ0v) is 11.6. The molecular weight excluding hydrogens is 230 g/mol. The highest BCUT2D eigenvalue weighted by molar-refractivity contribution is 5.84. The average Bonchev–Trinajstić information content (AvgIpc) is 3.13. The summed E-state index contributed by atoms with van der Waals surface area (Å²) < 4.78 is 0. The molecular formula is C14H25NO3. The van der Waals surface area contributed by atoms with Crippen molar-refractivity contribution in [1.29, 1.82) is 0 Å². The van der Waals surface area contributed by atoms with Gasteiger partial charge in [-0.2, -0.15) is 0 Å². The molecule has 0 heterocycles. The topological polar surface area (TPSA) is 66.4 Å². The lowest BCUT2D eigenvalue weighted by Crippen LogP contribution is -2.44. The fourth-order valence-electron chi connectivity index (χ4n) is 2.42. The van der Waals surface area contributed by atoms with Crippen molar-refractivity contribution >= 4 is 11.9 Å². The molecule has 4 heteroatoms. The van der Waals surface area contributed by atoms with Crippen LogP contribution in [0.25, 0.3) is 0 Å². The van der Waals surface area contributed by atoms with E-state index in [4.69, 9.17) is 5.11 Å². The predicted molar refractivity (Wildman–Crippen MR) is 70.1 cm³/mol. The summed E-state index contributed by atoms with van der Waals surface area (Å²) in [6, 6.07) is -0.707. The Bertz CT molecular complexity index is 295. The van der Waals surface area contributed by atoms with E-state index >= 15 is 0 Å². The Morgan fingerprint density at radius 2 is 1.83 bits per heavy atom. The second kappa shape index (κ2) is 6.76. The maximum absolute atomic E-state index is 12.0. The van der Waals surface area contributed by atoms with Crippen LogP contribution in [0.15, 0.2) is 0 Å². The van der Waals surface area contributed by atoms with Crippen LogP contribution in [-0.4, -0.2) is 23.0 Å². The first kappa shape index (κ1) is 15.0. The lowest BCUT2D eigenvalue weighted by atomic mass is 9.88. The molecule has 1 saturated carbocycles. The molecule has 0 bridgehead atoms. The molecule has 0 aliphatic heterocycles. The maximum atomic E-state index is 12.0. The molecule has 1 aliphatic carbocycles. The summed E-state index contributed by atoms with van der Waals surface area (Å²) in [7, 11) is 0. The molecule has 18 heavy (non-hydrogen) atoms. The van der Waals surface area contributed by atoms with Gasteiger partial charge in [-0.3, -0.25) is 4.79 Å². The fraction of sp³-hybridized carbons (Fsp3) is 0.857. The van der Waals surface area contributed by atoms with Gasteiger partial charge in [0.05, 0.1) is 0 Å². The van der Waals surface area contributed by atoms with Crippen LogP contribution in [0.2, 0.25) is 0 Å². The van der Waals surface area contributed by atoms with E-state index in [2.05, 4.69) is 19.2 Å². The normalized spacial score (nSPS) is 18.4. The summed E-state index contributed by atoms with van der Waals surface area (Å²) in [6.45, 7) is 6.02. The minimum absolute atomic E-state index is 0.110. The molecule has 0 radical (unpaired) electrons. The van der Waals surface area contributed by atoms with E-state index in [1.165, 1.54) is 0 Å². The second-order valence-electron chi connectivity index (χ2n) is 5.44. The maximum Gasteiger partial charge on any atom is 0.326 e. The Labute approximate surface area is 109 Å². The summed E-state index contributed by atoms with van der Waals surface area (Å²) in [5, 5.41) is 11.8. The molecule has 1 rings (SSSR count). The van der Waals surface area contributed by atoms with Gasteiger partial charge in [0, 0.05) is 5.92 Å². The first-order valence-electron chi connectivity index (χ1n) is 7.02. The first-order valence-corrected chi connectivity index (χ1v) is 7.02. The van der Waals surface area contributed by atoms with Gasteiger partial charge in [-0.05, 0) is 18.3 Å². The number of hydrogen-bond donors (Lipinski definition) is 2. The number of hydrogen-bond acceptors (Lipinski definition) is 2. The quantitative estimate of drug-likeness (QED) is 0.700.